The van der Waals surface area contributed by atoms with Gasteiger partial charge in [-0.05, 0) is 64.4 Å². The van der Waals surface area contributed by atoms with Gasteiger partial charge >= 0.3 is 7.12 Å². The van der Waals surface area contributed by atoms with Gasteiger partial charge in [-0.1, -0.05) is 30.7 Å². The third kappa shape index (κ3) is 4.01. The lowest BCUT2D eigenvalue weighted by atomic mass is 9.78. The topological polar surface area (TPSA) is 35.5 Å². The maximum atomic E-state index is 12.9. The van der Waals surface area contributed by atoms with Crippen LogP contribution in [0.2, 0.25) is 0 Å². The number of hydrogen-bond acceptors (Lipinski definition) is 4. The fraction of sp³-hybridized carbons (Fsp3) is 0.682. The first-order valence-electron chi connectivity index (χ1n) is 10.4. The molecule has 3 nitrogen and oxygen atoms in total. The van der Waals surface area contributed by atoms with Crippen molar-refractivity contribution in [2.45, 2.75) is 87.9 Å². The summed E-state index contributed by atoms with van der Waals surface area (Å²) in [6.07, 6.45) is 6.68. The molecule has 0 spiro atoms. The molecule has 3 heterocycles. The highest BCUT2D eigenvalue weighted by Crippen LogP contribution is 2.44. The lowest BCUT2D eigenvalue weighted by Gasteiger charge is -2.38. The van der Waals surface area contributed by atoms with E-state index in [0.29, 0.717) is 12.2 Å². The van der Waals surface area contributed by atoms with Crippen molar-refractivity contribution in [1.29, 1.82) is 0 Å². The summed E-state index contributed by atoms with van der Waals surface area (Å²) in [5, 5.41) is 1.44. The van der Waals surface area contributed by atoms with Crippen molar-refractivity contribution >= 4 is 30.1 Å². The monoisotopic (exact) mass is 386 g/mol. The molecule has 0 radical (unpaired) electrons. The Labute approximate surface area is 168 Å². The number of rotatable bonds is 4. The summed E-state index contributed by atoms with van der Waals surface area (Å²) in [4.78, 5) is 12.9. The first-order chi connectivity index (χ1) is 12.7. The summed E-state index contributed by atoms with van der Waals surface area (Å²) in [7, 11) is -0.338. The molecule has 0 N–H and O–H groups in total. The molecule has 27 heavy (non-hydrogen) atoms. The molecule has 5 heteroatoms. The van der Waals surface area contributed by atoms with Crippen molar-refractivity contribution in [2.75, 3.05) is 0 Å². The Morgan fingerprint density at radius 2 is 1.59 bits per heavy atom. The average Bonchev–Trinajstić information content (AvgIpc) is 2.83. The highest BCUT2D eigenvalue weighted by Gasteiger charge is 2.51. The van der Waals surface area contributed by atoms with Gasteiger partial charge in [0.05, 0.1) is 11.2 Å². The molecule has 0 amide bonds. The smallest absolute Gasteiger partial charge is 0.399 e. The Hall–Kier alpha value is -0.775. The number of benzene rings is 1. The molecule has 3 saturated heterocycles. The van der Waals surface area contributed by atoms with Gasteiger partial charge in [-0.15, -0.1) is 0 Å². The summed E-state index contributed by atoms with van der Waals surface area (Å²) < 4.78 is 12.2. The maximum absolute atomic E-state index is 12.9. The van der Waals surface area contributed by atoms with Gasteiger partial charge in [-0.3, -0.25) is 4.79 Å². The average molecular weight is 386 g/mol. The van der Waals surface area contributed by atoms with E-state index in [-0.39, 0.29) is 24.2 Å². The number of carbonyl (C=O) groups excluding carboxylic acids is 1. The van der Waals surface area contributed by atoms with E-state index in [2.05, 4.69) is 63.7 Å². The molecule has 0 aromatic heterocycles. The second-order valence-electron chi connectivity index (χ2n) is 9.45. The minimum absolute atomic E-state index is 0.268. The lowest BCUT2D eigenvalue weighted by molar-refractivity contribution is -0.122. The minimum Gasteiger partial charge on any atom is -0.399 e. The number of thioether (sulfide) groups is 1. The summed E-state index contributed by atoms with van der Waals surface area (Å²) in [6.45, 7) is 8.27. The van der Waals surface area contributed by atoms with Crippen molar-refractivity contribution in [3.8, 4) is 0 Å². The van der Waals surface area contributed by atoms with Gasteiger partial charge in [-0.2, -0.15) is 11.8 Å². The second-order valence-corrected chi connectivity index (χ2v) is 11.1. The van der Waals surface area contributed by atoms with E-state index in [1.807, 2.05) is 0 Å². The van der Waals surface area contributed by atoms with Crippen molar-refractivity contribution in [3.63, 3.8) is 0 Å². The van der Waals surface area contributed by atoms with Crippen LogP contribution < -0.4 is 5.46 Å². The molecular formula is C22H31BO3S. The minimum atomic E-state index is -0.338. The van der Waals surface area contributed by atoms with Gasteiger partial charge in [0.2, 0.25) is 0 Å². The Kier molecular flexibility index (Phi) is 5.24. The summed E-state index contributed by atoms with van der Waals surface area (Å²) in [5.74, 6) is 0.694. The molecule has 146 valence electrons. The van der Waals surface area contributed by atoms with E-state index in [9.17, 15) is 4.79 Å². The third-order valence-electron chi connectivity index (χ3n) is 6.87. The van der Waals surface area contributed by atoms with Crippen LogP contribution in [0.3, 0.4) is 0 Å². The zero-order valence-corrected chi connectivity index (χ0v) is 17.8. The van der Waals surface area contributed by atoms with E-state index < -0.39 is 0 Å². The molecule has 0 saturated carbocycles. The van der Waals surface area contributed by atoms with Crippen molar-refractivity contribution in [2.24, 2.45) is 5.92 Å². The zero-order valence-electron chi connectivity index (χ0n) is 17.0. The molecule has 1 aromatic carbocycles. The van der Waals surface area contributed by atoms with E-state index in [4.69, 9.17) is 9.31 Å². The van der Waals surface area contributed by atoms with Gasteiger partial charge in [-0.25, -0.2) is 0 Å². The van der Waals surface area contributed by atoms with Crippen LogP contribution >= 0.6 is 11.8 Å². The molecule has 2 unspecified atom stereocenters. The predicted molar refractivity (Wildman–Crippen MR) is 113 cm³/mol. The Bertz CT molecular complexity index is 672. The number of fused-ring (bicyclic) bond motifs is 2. The molecule has 2 bridgehead atoms. The van der Waals surface area contributed by atoms with Crippen molar-refractivity contribution in [3.05, 3.63) is 29.8 Å². The van der Waals surface area contributed by atoms with Crippen molar-refractivity contribution < 1.29 is 14.1 Å². The lowest BCUT2D eigenvalue weighted by Crippen LogP contribution is -2.41. The van der Waals surface area contributed by atoms with Crippen LogP contribution in [0, 0.1) is 5.92 Å². The molecule has 2 atom stereocenters. The van der Waals surface area contributed by atoms with E-state index >= 15 is 0 Å². The maximum Gasteiger partial charge on any atom is 0.494 e. The first kappa shape index (κ1) is 19.5. The standard InChI is InChI=1S/C22H31BO3S/c1-21(2)22(3,4)26-23(25-21)17-10-8-15(9-11-17)12-20(24)16-13-18-6-5-7-19(14-16)27-18/h8-11,16,18-19H,5-7,12-14H2,1-4H3. The first-order valence-corrected chi connectivity index (χ1v) is 11.3. The predicted octanol–water partition coefficient (Wildman–Crippen LogP) is 4.16. The Morgan fingerprint density at radius 1 is 1.04 bits per heavy atom. The molecule has 3 aliphatic heterocycles. The zero-order chi connectivity index (χ0) is 19.2. The van der Waals surface area contributed by atoms with Crippen LogP contribution in [-0.2, 0) is 20.5 Å². The van der Waals surface area contributed by atoms with Gasteiger partial charge < -0.3 is 9.31 Å². The van der Waals surface area contributed by atoms with Crippen LogP contribution in [0.25, 0.3) is 0 Å². The molecule has 1 aromatic rings. The van der Waals surface area contributed by atoms with Crippen LogP contribution in [0.1, 0.15) is 65.4 Å². The largest absolute Gasteiger partial charge is 0.494 e. The summed E-state index contributed by atoms with van der Waals surface area (Å²) in [5.41, 5.74) is 1.46. The van der Waals surface area contributed by atoms with Crippen LogP contribution in [0.4, 0.5) is 0 Å². The fourth-order valence-corrected chi connectivity index (χ4v) is 6.28. The van der Waals surface area contributed by atoms with Crippen molar-refractivity contribution in [1.82, 2.24) is 0 Å². The van der Waals surface area contributed by atoms with Gasteiger partial charge in [0, 0.05) is 22.8 Å². The second kappa shape index (κ2) is 7.24. The number of ketones is 1. The van der Waals surface area contributed by atoms with Gasteiger partial charge in [0.15, 0.2) is 0 Å². The quantitative estimate of drug-likeness (QED) is 0.728. The number of Topliss-reactive ketones (excluding diaryl/α,β-unsaturated/α-hetero) is 1. The van der Waals surface area contributed by atoms with Gasteiger partial charge in [0.1, 0.15) is 5.78 Å². The Balaban J connectivity index is 1.38. The summed E-state index contributed by atoms with van der Waals surface area (Å²) in [6, 6.07) is 8.24. The number of carbonyl (C=O) groups is 1. The van der Waals surface area contributed by atoms with E-state index in [1.54, 1.807) is 0 Å². The van der Waals surface area contributed by atoms with E-state index in [0.717, 1.165) is 34.4 Å². The highest BCUT2D eigenvalue weighted by molar-refractivity contribution is 8.00. The molecular weight excluding hydrogens is 355 g/mol. The molecule has 3 aliphatic rings. The number of hydrogen-bond donors (Lipinski definition) is 0. The SMILES string of the molecule is CC1(C)OB(c2ccc(CC(=O)C3CC4CCCC(C3)S4)cc2)OC1(C)C. The van der Waals surface area contributed by atoms with Gasteiger partial charge in [0.25, 0.3) is 0 Å². The third-order valence-corrected chi connectivity index (χ3v) is 8.50. The Morgan fingerprint density at radius 3 is 2.15 bits per heavy atom. The molecule has 0 aliphatic carbocycles. The van der Waals surface area contributed by atoms with E-state index in [1.165, 1.54) is 19.3 Å². The van der Waals surface area contributed by atoms with Crippen LogP contribution in [0.15, 0.2) is 24.3 Å². The fourth-order valence-electron chi connectivity index (χ4n) is 4.44. The van der Waals surface area contributed by atoms with Crippen LogP contribution in [0.5, 0.6) is 0 Å². The molecule has 3 fully saturated rings. The van der Waals surface area contributed by atoms with Crippen LogP contribution in [-0.4, -0.2) is 34.6 Å². The normalized spacial score (nSPS) is 31.7. The summed E-state index contributed by atoms with van der Waals surface area (Å²) >= 11 is 2.14. The highest BCUT2D eigenvalue weighted by atomic mass is 32.2. The molecule has 4 rings (SSSR count).